The number of benzene rings is 1. The van der Waals surface area contributed by atoms with Crippen molar-refractivity contribution >= 4 is 11.8 Å². The molecule has 0 bridgehead atoms. The zero-order valence-corrected chi connectivity index (χ0v) is 14.9. The van der Waals surface area contributed by atoms with Crippen molar-refractivity contribution in [3.63, 3.8) is 0 Å². The van der Waals surface area contributed by atoms with Gasteiger partial charge >= 0.3 is 0 Å². The number of piperidine rings is 1. The predicted octanol–water partition coefficient (Wildman–Crippen LogP) is 0.701. The molecule has 0 aliphatic carbocycles. The van der Waals surface area contributed by atoms with Crippen LogP contribution in [0, 0.1) is 0 Å². The Morgan fingerprint density at radius 1 is 1.16 bits per heavy atom. The van der Waals surface area contributed by atoms with Gasteiger partial charge in [-0.1, -0.05) is 18.2 Å². The first kappa shape index (κ1) is 17.9. The highest BCUT2D eigenvalue weighted by Gasteiger charge is 2.27. The number of rotatable bonds is 4. The highest BCUT2D eigenvalue weighted by molar-refractivity contribution is 5.94. The molecule has 0 aromatic heterocycles. The minimum absolute atomic E-state index is 0.0278. The summed E-state index contributed by atoms with van der Waals surface area (Å²) in [6, 6.07) is 9.83. The Bertz CT molecular complexity index is 584. The van der Waals surface area contributed by atoms with Crippen LogP contribution in [0.4, 0.5) is 0 Å². The van der Waals surface area contributed by atoms with Crippen molar-refractivity contribution in [2.75, 3.05) is 39.3 Å². The van der Waals surface area contributed by atoms with E-state index in [0.29, 0.717) is 18.2 Å². The molecule has 2 N–H and O–H groups in total. The van der Waals surface area contributed by atoms with Crippen molar-refractivity contribution in [3.8, 4) is 0 Å². The lowest BCUT2D eigenvalue weighted by molar-refractivity contribution is -0.134. The summed E-state index contributed by atoms with van der Waals surface area (Å²) in [6.07, 6.45) is 1.64. The molecule has 6 nitrogen and oxygen atoms in total. The first-order valence-electron chi connectivity index (χ1n) is 9.22. The van der Waals surface area contributed by atoms with Crippen LogP contribution in [-0.2, 0) is 4.79 Å². The number of carbonyl (C=O) groups excluding carboxylic acids is 2. The van der Waals surface area contributed by atoms with Crippen molar-refractivity contribution in [2.24, 2.45) is 0 Å². The van der Waals surface area contributed by atoms with E-state index in [1.54, 1.807) is 0 Å². The number of nitrogens with one attached hydrogen (secondary N) is 2. The van der Waals surface area contributed by atoms with Crippen LogP contribution in [0.5, 0.6) is 0 Å². The fourth-order valence-electron chi connectivity index (χ4n) is 3.52. The van der Waals surface area contributed by atoms with Crippen LogP contribution in [-0.4, -0.2) is 73.0 Å². The summed E-state index contributed by atoms with van der Waals surface area (Å²) in [5.41, 5.74) is 0.689. The lowest BCUT2D eigenvalue weighted by atomic mass is 10.0. The van der Waals surface area contributed by atoms with Gasteiger partial charge in [0.15, 0.2) is 0 Å². The fourth-order valence-corrected chi connectivity index (χ4v) is 3.52. The molecule has 1 atom stereocenters. The van der Waals surface area contributed by atoms with Crippen molar-refractivity contribution < 1.29 is 9.59 Å². The van der Waals surface area contributed by atoms with E-state index in [4.69, 9.17) is 0 Å². The Labute approximate surface area is 149 Å². The molecule has 2 aliphatic heterocycles. The van der Waals surface area contributed by atoms with Gasteiger partial charge in [0.2, 0.25) is 5.91 Å². The maximum Gasteiger partial charge on any atom is 0.251 e. The molecular weight excluding hydrogens is 316 g/mol. The third-order valence-corrected chi connectivity index (χ3v) is 5.20. The van der Waals surface area contributed by atoms with Gasteiger partial charge in [-0.15, -0.1) is 0 Å². The summed E-state index contributed by atoms with van der Waals surface area (Å²) < 4.78 is 0. The number of carbonyl (C=O) groups is 2. The van der Waals surface area contributed by atoms with Crippen LogP contribution < -0.4 is 10.6 Å². The van der Waals surface area contributed by atoms with E-state index in [-0.39, 0.29) is 17.9 Å². The molecule has 1 aromatic rings. The molecule has 0 spiro atoms. The standard InChI is InChI=1S/C19H28N4O2/c1-15-13-20-9-12-23(15)14-18(24)22-10-7-17(8-11-22)21-19(25)16-5-3-2-4-6-16/h2-6,15,17,20H,7-14H2,1H3,(H,21,25)/t15-/m1/s1. The van der Waals surface area contributed by atoms with Gasteiger partial charge in [-0.2, -0.15) is 0 Å². The molecule has 6 heteroatoms. The van der Waals surface area contributed by atoms with Crippen LogP contribution in [0.1, 0.15) is 30.1 Å². The molecule has 2 saturated heterocycles. The van der Waals surface area contributed by atoms with Gasteiger partial charge in [-0.05, 0) is 31.9 Å². The fraction of sp³-hybridized carbons (Fsp3) is 0.579. The highest BCUT2D eigenvalue weighted by Crippen LogP contribution is 2.13. The zero-order chi connectivity index (χ0) is 17.6. The minimum Gasteiger partial charge on any atom is -0.349 e. The average molecular weight is 344 g/mol. The van der Waals surface area contributed by atoms with Crippen molar-refractivity contribution in [2.45, 2.75) is 31.8 Å². The van der Waals surface area contributed by atoms with E-state index < -0.39 is 0 Å². The normalized spacial score (nSPS) is 22.6. The smallest absolute Gasteiger partial charge is 0.251 e. The van der Waals surface area contributed by atoms with Gasteiger partial charge in [0.05, 0.1) is 6.54 Å². The number of hydrogen-bond donors (Lipinski definition) is 2. The maximum atomic E-state index is 12.5. The summed E-state index contributed by atoms with van der Waals surface area (Å²) in [5, 5.41) is 6.44. The Morgan fingerprint density at radius 3 is 2.56 bits per heavy atom. The topological polar surface area (TPSA) is 64.7 Å². The Morgan fingerprint density at radius 2 is 1.88 bits per heavy atom. The lowest BCUT2D eigenvalue weighted by Gasteiger charge is -2.37. The quantitative estimate of drug-likeness (QED) is 0.844. The molecule has 2 amide bonds. The number of nitrogens with zero attached hydrogens (tertiary/aromatic N) is 2. The van der Waals surface area contributed by atoms with E-state index in [9.17, 15) is 9.59 Å². The van der Waals surface area contributed by atoms with Crippen LogP contribution in [0.25, 0.3) is 0 Å². The van der Waals surface area contributed by atoms with Gasteiger partial charge in [-0.3, -0.25) is 14.5 Å². The molecule has 2 fully saturated rings. The largest absolute Gasteiger partial charge is 0.349 e. The summed E-state index contributed by atoms with van der Waals surface area (Å²) in [6.45, 7) is 6.93. The maximum absolute atomic E-state index is 12.5. The second-order valence-electron chi connectivity index (χ2n) is 7.02. The monoisotopic (exact) mass is 344 g/mol. The average Bonchev–Trinajstić information content (AvgIpc) is 2.65. The first-order valence-corrected chi connectivity index (χ1v) is 9.22. The summed E-state index contributed by atoms with van der Waals surface area (Å²) in [7, 11) is 0. The molecule has 136 valence electrons. The van der Waals surface area contributed by atoms with Gasteiger partial charge in [0.25, 0.3) is 5.91 Å². The van der Waals surface area contributed by atoms with Gasteiger partial charge in [-0.25, -0.2) is 0 Å². The molecular formula is C19H28N4O2. The summed E-state index contributed by atoms with van der Waals surface area (Å²) in [5.74, 6) is 0.182. The molecule has 25 heavy (non-hydrogen) atoms. The molecule has 2 heterocycles. The molecule has 1 aromatic carbocycles. The molecule has 0 radical (unpaired) electrons. The van der Waals surface area contributed by atoms with Crippen molar-refractivity contribution in [3.05, 3.63) is 35.9 Å². The zero-order valence-electron chi connectivity index (χ0n) is 14.9. The summed E-state index contributed by atoms with van der Waals surface area (Å²) in [4.78, 5) is 29.0. The van der Waals surface area contributed by atoms with Crippen LogP contribution in [0.15, 0.2) is 30.3 Å². The number of likely N-dealkylation sites (tertiary alicyclic amines) is 1. The third kappa shape index (κ3) is 4.80. The van der Waals surface area contributed by atoms with E-state index in [1.807, 2.05) is 35.2 Å². The van der Waals surface area contributed by atoms with Crippen molar-refractivity contribution in [1.82, 2.24) is 20.4 Å². The Balaban J connectivity index is 1.43. The molecule has 0 saturated carbocycles. The first-order chi connectivity index (χ1) is 12.1. The van der Waals surface area contributed by atoms with E-state index in [0.717, 1.165) is 45.6 Å². The minimum atomic E-state index is -0.0278. The van der Waals surface area contributed by atoms with E-state index >= 15 is 0 Å². The molecule has 2 aliphatic rings. The van der Waals surface area contributed by atoms with Crippen LogP contribution in [0.3, 0.4) is 0 Å². The second-order valence-corrected chi connectivity index (χ2v) is 7.02. The number of hydrogen-bond acceptors (Lipinski definition) is 4. The van der Waals surface area contributed by atoms with Gasteiger partial charge in [0.1, 0.15) is 0 Å². The number of amides is 2. The second kappa shape index (κ2) is 8.45. The summed E-state index contributed by atoms with van der Waals surface area (Å²) >= 11 is 0. The molecule has 0 unspecified atom stereocenters. The molecule has 3 rings (SSSR count). The Hall–Kier alpha value is -1.92. The van der Waals surface area contributed by atoms with Gasteiger partial charge < -0.3 is 15.5 Å². The van der Waals surface area contributed by atoms with E-state index in [2.05, 4.69) is 22.5 Å². The highest BCUT2D eigenvalue weighted by atomic mass is 16.2. The van der Waals surface area contributed by atoms with Crippen LogP contribution in [0.2, 0.25) is 0 Å². The van der Waals surface area contributed by atoms with E-state index in [1.165, 1.54) is 0 Å². The third-order valence-electron chi connectivity index (χ3n) is 5.20. The predicted molar refractivity (Wildman–Crippen MR) is 97.4 cm³/mol. The SMILES string of the molecule is C[C@@H]1CNCCN1CC(=O)N1CCC(NC(=O)c2ccccc2)CC1. The van der Waals surface area contributed by atoms with Crippen molar-refractivity contribution in [1.29, 1.82) is 0 Å². The Kier molecular flexibility index (Phi) is 6.04. The number of piperazine rings is 1. The lowest BCUT2D eigenvalue weighted by Crippen LogP contribution is -2.54. The van der Waals surface area contributed by atoms with Crippen LogP contribution >= 0.6 is 0 Å². The van der Waals surface area contributed by atoms with Gasteiger partial charge in [0, 0.05) is 50.4 Å².